The second-order valence-electron chi connectivity index (χ2n) is 7.04. The number of nitrogens with one attached hydrogen (secondary N) is 1. The fraction of sp³-hybridized carbons (Fsp3) is 0.333. The van der Waals surface area contributed by atoms with Crippen LogP contribution in [0.5, 0.6) is 0 Å². The van der Waals surface area contributed by atoms with Crippen molar-refractivity contribution in [2.24, 2.45) is 5.92 Å². The molecule has 1 N–H and O–H groups in total. The Bertz CT molecular complexity index is 1070. The van der Waals surface area contributed by atoms with Crippen LogP contribution in [0.25, 0.3) is 0 Å². The quantitative estimate of drug-likeness (QED) is 0.619. The van der Waals surface area contributed by atoms with Crippen LogP contribution in [0.15, 0.2) is 47.4 Å². The Labute approximate surface area is 191 Å². The second kappa shape index (κ2) is 9.99. The zero-order chi connectivity index (χ0) is 22.6. The van der Waals surface area contributed by atoms with Crippen molar-refractivity contribution in [1.29, 1.82) is 0 Å². The minimum absolute atomic E-state index is 0.0359. The Morgan fingerprint density at radius 2 is 1.74 bits per heavy atom. The lowest BCUT2D eigenvalue weighted by Gasteiger charge is -2.30. The molecule has 0 spiro atoms. The molecule has 1 amide bonds. The number of hydrogen-bond acceptors (Lipinski definition) is 5. The van der Waals surface area contributed by atoms with E-state index < -0.39 is 16.0 Å². The largest absolute Gasteiger partial charge is 0.462 e. The average molecular weight is 485 g/mol. The molecule has 1 heterocycles. The molecule has 2 aromatic carbocycles. The van der Waals surface area contributed by atoms with Crippen molar-refractivity contribution in [1.82, 2.24) is 4.31 Å². The molecule has 0 bridgehead atoms. The Hall–Kier alpha value is -2.13. The van der Waals surface area contributed by atoms with Gasteiger partial charge in [0.1, 0.15) is 4.90 Å². The molecule has 1 fully saturated rings. The topological polar surface area (TPSA) is 92.8 Å². The summed E-state index contributed by atoms with van der Waals surface area (Å²) < 4.78 is 32.1. The lowest BCUT2D eigenvalue weighted by molar-refractivity contribution is -0.120. The molecular formula is C21H22Cl2N2O5S. The molecule has 0 saturated carbocycles. The number of benzene rings is 2. The molecule has 31 heavy (non-hydrogen) atoms. The summed E-state index contributed by atoms with van der Waals surface area (Å²) in [5.41, 5.74) is 0.955. The van der Waals surface area contributed by atoms with Crippen molar-refractivity contribution >= 4 is 50.8 Å². The van der Waals surface area contributed by atoms with E-state index in [0.29, 0.717) is 24.1 Å². The number of piperidine rings is 1. The minimum atomic E-state index is -3.80. The monoisotopic (exact) mass is 484 g/mol. The van der Waals surface area contributed by atoms with E-state index in [1.54, 1.807) is 31.2 Å². The summed E-state index contributed by atoms with van der Waals surface area (Å²) in [4.78, 5) is 24.3. The van der Waals surface area contributed by atoms with E-state index in [9.17, 15) is 18.0 Å². The van der Waals surface area contributed by atoms with Gasteiger partial charge in [-0.2, -0.15) is 4.31 Å². The van der Waals surface area contributed by atoms with Gasteiger partial charge in [0.25, 0.3) is 0 Å². The lowest BCUT2D eigenvalue weighted by Crippen LogP contribution is -2.41. The van der Waals surface area contributed by atoms with Gasteiger partial charge < -0.3 is 10.1 Å². The van der Waals surface area contributed by atoms with Gasteiger partial charge in [-0.1, -0.05) is 23.2 Å². The summed E-state index contributed by atoms with van der Waals surface area (Å²) in [5.74, 6) is -0.943. The SMILES string of the molecule is CCOC(=O)c1ccc(NC(=O)C2CCN(S(=O)(=O)c3cc(Cl)ccc3Cl)CC2)cc1. The maximum Gasteiger partial charge on any atom is 0.338 e. The summed E-state index contributed by atoms with van der Waals surface area (Å²) in [6, 6.07) is 10.7. The van der Waals surface area contributed by atoms with E-state index in [0.717, 1.165) is 0 Å². The third-order valence-corrected chi connectivity index (χ3v) is 7.61. The predicted molar refractivity (Wildman–Crippen MR) is 119 cm³/mol. The standard InChI is InChI=1S/C21H22Cl2N2O5S/c1-2-30-21(27)15-3-6-17(7-4-15)24-20(26)14-9-11-25(12-10-14)31(28,29)19-13-16(22)5-8-18(19)23/h3-8,13-14H,2,9-12H2,1H3,(H,24,26). The highest BCUT2D eigenvalue weighted by Crippen LogP contribution is 2.30. The van der Waals surface area contributed by atoms with E-state index in [1.165, 1.54) is 22.5 Å². The summed E-state index contributed by atoms with van der Waals surface area (Å²) in [7, 11) is -3.80. The van der Waals surface area contributed by atoms with E-state index in [-0.39, 0.29) is 46.5 Å². The molecule has 3 rings (SSSR count). The van der Waals surface area contributed by atoms with Crippen molar-refractivity contribution in [3.8, 4) is 0 Å². The number of halogens is 2. The van der Waals surface area contributed by atoms with Crippen LogP contribution in [-0.2, 0) is 19.6 Å². The first-order valence-corrected chi connectivity index (χ1v) is 11.9. The molecule has 0 aromatic heterocycles. The van der Waals surface area contributed by atoms with Crippen LogP contribution in [0.3, 0.4) is 0 Å². The van der Waals surface area contributed by atoms with Crippen LogP contribution in [0.2, 0.25) is 10.0 Å². The van der Waals surface area contributed by atoms with Crippen LogP contribution in [0.4, 0.5) is 5.69 Å². The van der Waals surface area contributed by atoms with E-state index >= 15 is 0 Å². The van der Waals surface area contributed by atoms with Gasteiger partial charge in [0.2, 0.25) is 15.9 Å². The first-order valence-electron chi connectivity index (χ1n) is 9.75. The first kappa shape index (κ1) is 23.5. The summed E-state index contributed by atoms with van der Waals surface area (Å²) in [6.45, 7) is 2.41. The van der Waals surface area contributed by atoms with Gasteiger partial charge in [-0.15, -0.1) is 0 Å². The number of carbonyl (C=O) groups is 2. The molecule has 1 aliphatic rings. The number of sulfonamides is 1. The van der Waals surface area contributed by atoms with Gasteiger partial charge in [-0.3, -0.25) is 4.79 Å². The van der Waals surface area contributed by atoms with Crippen molar-refractivity contribution in [3.05, 3.63) is 58.1 Å². The molecular weight excluding hydrogens is 463 g/mol. The first-order chi connectivity index (χ1) is 14.7. The normalized spacial score (nSPS) is 15.5. The minimum Gasteiger partial charge on any atom is -0.462 e. The van der Waals surface area contributed by atoms with Gasteiger partial charge in [0.15, 0.2) is 0 Å². The maximum absolute atomic E-state index is 12.9. The van der Waals surface area contributed by atoms with E-state index in [2.05, 4.69) is 5.32 Å². The number of ether oxygens (including phenoxy) is 1. The van der Waals surface area contributed by atoms with Crippen molar-refractivity contribution in [2.45, 2.75) is 24.7 Å². The highest BCUT2D eigenvalue weighted by atomic mass is 35.5. The van der Waals surface area contributed by atoms with Gasteiger partial charge in [-0.25, -0.2) is 13.2 Å². The lowest BCUT2D eigenvalue weighted by atomic mass is 9.97. The number of hydrogen-bond donors (Lipinski definition) is 1. The van der Waals surface area contributed by atoms with Crippen molar-refractivity contribution in [3.63, 3.8) is 0 Å². The molecule has 10 heteroatoms. The van der Waals surface area contributed by atoms with Crippen LogP contribution < -0.4 is 5.32 Å². The number of amides is 1. The smallest absolute Gasteiger partial charge is 0.338 e. The predicted octanol–water partition coefficient (Wildman–Crippen LogP) is 4.21. The van der Waals surface area contributed by atoms with E-state index in [1.807, 2.05) is 0 Å². The molecule has 2 aromatic rings. The zero-order valence-corrected chi connectivity index (χ0v) is 19.1. The molecule has 1 saturated heterocycles. The van der Waals surface area contributed by atoms with Gasteiger partial charge >= 0.3 is 5.97 Å². The molecule has 166 valence electrons. The third kappa shape index (κ3) is 5.57. The van der Waals surface area contributed by atoms with Gasteiger partial charge in [-0.05, 0) is 62.2 Å². The maximum atomic E-state index is 12.9. The fourth-order valence-corrected chi connectivity index (χ4v) is 5.53. The summed E-state index contributed by atoms with van der Waals surface area (Å²) >= 11 is 12.0. The second-order valence-corrected chi connectivity index (χ2v) is 9.79. The molecule has 0 unspecified atom stereocenters. The Morgan fingerprint density at radius 1 is 1.10 bits per heavy atom. The molecule has 7 nitrogen and oxygen atoms in total. The summed E-state index contributed by atoms with van der Waals surface area (Å²) in [6.07, 6.45) is 0.758. The molecule has 0 radical (unpaired) electrons. The van der Waals surface area contributed by atoms with Crippen molar-refractivity contribution in [2.75, 3.05) is 25.0 Å². The summed E-state index contributed by atoms with van der Waals surface area (Å²) in [5, 5.41) is 3.20. The van der Waals surface area contributed by atoms with E-state index in [4.69, 9.17) is 27.9 Å². The van der Waals surface area contributed by atoms with Crippen LogP contribution in [0.1, 0.15) is 30.1 Å². The van der Waals surface area contributed by atoms with Crippen LogP contribution in [-0.4, -0.2) is 44.3 Å². The van der Waals surface area contributed by atoms with Gasteiger partial charge in [0, 0.05) is 29.7 Å². The third-order valence-electron chi connectivity index (χ3n) is 5.00. The van der Waals surface area contributed by atoms with Crippen LogP contribution >= 0.6 is 23.2 Å². The van der Waals surface area contributed by atoms with Crippen molar-refractivity contribution < 1.29 is 22.7 Å². The molecule has 1 aliphatic heterocycles. The Balaban J connectivity index is 1.60. The number of carbonyl (C=O) groups excluding carboxylic acids is 2. The van der Waals surface area contributed by atoms with Gasteiger partial charge in [0.05, 0.1) is 17.2 Å². The number of nitrogens with zero attached hydrogens (tertiary/aromatic N) is 1. The van der Waals surface area contributed by atoms with Crippen LogP contribution in [0, 0.1) is 5.92 Å². The number of esters is 1. The Kier molecular flexibility index (Phi) is 7.59. The molecule has 0 aliphatic carbocycles. The number of anilines is 1. The zero-order valence-electron chi connectivity index (χ0n) is 16.8. The average Bonchev–Trinajstić information content (AvgIpc) is 2.76. The highest BCUT2D eigenvalue weighted by molar-refractivity contribution is 7.89. The number of rotatable bonds is 6. The Morgan fingerprint density at radius 3 is 2.35 bits per heavy atom. The fourth-order valence-electron chi connectivity index (χ4n) is 3.32. The highest BCUT2D eigenvalue weighted by Gasteiger charge is 2.33. The molecule has 0 atom stereocenters.